The highest BCUT2D eigenvalue weighted by Crippen LogP contribution is 2.32. The molecule has 1 aliphatic rings. The van der Waals surface area contributed by atoms with Gasteiger partial charge < -0.3 is 25.0 Å². The maximum Gasteiger partial charge on any atom is 0.273 e. The number of anilines is 1. The minimum atomic E-state index is -0.271. The largest absolute Gasteiger partial charge is 0.476 e. The quantitative estimate of drug-likeness (QED) is 0.483. The van der Waals surface area contributed by atoms with Gasteiger partial charge in [-0.1, -0.05) is 6.07 Å². The topological polar surface area (TPSA) is 102 Å². The lowest BCUT2D eigenvalue weighted by Crippen LogP contribution is -2.32. The molecule has 1 aromatic carbocycles. The average Bonchev–Trinajstić information content (AvgIpc) is 2.89. The number of hydrogen-bond acceptors (Lipinski definition) is 8. The molecule has 186 valence electrons. The van der Waals surface area contributed by atoms with Crippen LogP contribution in [-0.4, -0.2) is 79.5 Å². The van der Waals surface area contributed by atoms with Gasteiger partial charge in [-0.05, 0) is 63.5 Å². The standard InChI is InChI=1S/C26H34N6O3/c1-17(18-9-12-34-13-10-18)29-24-21-15-19(5-7-22(21)30-31-25(24)26(33)27-2)20-6-8-23(28-16-20)35-14-11-32(3)4/h5-8,15-18H,9-14H2,1-4H3,(H,27,33)(H,29,30)/t17-/m0/s1. The van der Waals surface area contributed by atoms with Crippen LogP contribution in [0, 0.1) is 5.92 Å². The Hall–Kier alpha value is -3.30. The smallest absolute Gasteiger partial charge is 0.273 e. The van der Waals surface area contributed by atoms with E-state index in [0.717, 1.165) is 54.6 Å². The Morgan fingerprint density at radius 2 is 1.94 bits per heavy atom. The van der Waals surface area contributed by atoms with Crippen LogP contribution in [0.5, 0.6) is 5.88 Å². The van der Waals surface area contributed by atoms with Crippen molar-refractivity contribution in [1.29, 1.82) is 0 Å². The zero-order valence-electron chi connectivity index (χ0n) is 20.9. The molecule has 0 aliphatic carbocycles. The van der Waals surface area contributed by atoms with E-state index in [1.165, 1.54) is 0 Å². The zero-order chi connectivity index (χ0) is 24.8. The third-order valence-electron chi connectivity index (χ3n) is 6.41. The van der Waals surface area contributed by atoms with Crippen molar-refractivity contribution in [3.8, 4) is 17.0 Å². The van der Waals surface area contributed by atoms with Crippen LogP contribution in [0.4, 0.5) is 5.69 Å². The fraction of sp³-hybridized carbons (Fsp3) is 0.462. The molecule has 9 heteroatoms. The van der Waals surface area contributed by atoms with Crippen molar-refractivity contribution in [3.05, 3.63) is 42.2 Å². The van der Waals surface area contributed by atoms with Crippen LogP contribution in [-0.2, 0) is 4.74 Å². The molecule has 2 N–H and O–H groups in total. The van der Waals surface area contributed by atoms with Crippen LogP contribution in [0.1, 0.15) is 30.3 Å². The van der Waals surface area contributed by atoms with Crippen molar-refractivity contribution in [2.45, 2.75) is 25.8 Å². The normalized spacial score (nSPS) is 15.2. The predicted octanol–water partition coefficient (Wildman–Crippen LogP) is 3.22. The van der Waals surface area contributed by atoms with E-state index in [-0.39, 0.29) is 11.9 Å². The molecule has 1 aliphatic heterocycles. The van der Waals surface area contributed by atoms with E-state index in [1.807, 2.05) is 44.4 Å². The number of nitrogens with one attached hydrogen (secondary N) is 2. The molecule has 3 heterocycles. The second-order valence-corrected chi connectivity index (χ2v) is 9.15. The lowest BCUT2D eigenvalue weighted by atomic mass is 9.92. The maximum absolute atomic E-state index is 12.7. The second kappa shape index (κ2) is 11.4. The van der Waals surface area contributed by atoms with Gasteiger partial charge in [-0.25, -0.2) is 4.98 Å². The number of fused-ring (bicyclic) bond motifs is 1. The van der Waals surface area contributed by atoms with Crippen LogP contribution in [0.2, 0.25) is 0 Å². The molecule has 2 aromatic heterocycles. The summed E-state index contributed by atoms with van der Waals surface area (Å²) < 4.78 is 11.2. The van der Waals surface area contributed by atoms with Gasteiger partial charge in [-0.15, -0.1) is 10.2 Å². The van der Waals surface area contributed by atoms with Gasteiger partial charge in [-0.2, -0.15) is 0 Å². The van der Waals surface area contributed by atoms with Gasteiger partial charge >= 0.3 is 0 Å². The minimum absolute atomic E-state index is 0.152. The number of carbonyl (C=O) groups is 1. The predicted molar refractivity (Wildman–Crippen MR) is 137 cm³/mol. The number of likely N-dealkylation sites (N-methyl/N-ethyl adjacent to an activating group) is 1. The molecule has 0 bridgehead atoms. The summed E-state index contributed by atoms with van der Waals surface area (Å²) in [5.74, 6) is 0.779. The maximum atomic E-state index is 12.7. The Morgan fingerprint density at radius 3 is 2.63 bits per heavy atom. The molecule has 1 fully saturated rings. The Bertz CT molecular complexity index is 1150. The second-order valence-electron chi connectivity index (χ2n) is 9.15. The van der Waals surface area contributed by atoms with Gasteiger partial charge in [0.15, 0.2) is 5.69 Å². The molecule has 0 radical (unpaired) electrons. The number of amides is 1. The third-order valence-corrected chi connectivity index (χ3v) is 6.41. The van der Waals surface area contributed by atoms with Gasteiger partial charge in [-0.3, -0.25) is 4.79 Å². The van der Waals surface area contributed by atoms with Gasteiger partial charge in [0, 0.05) is 56.1 Å². The highest BCUT2D eigenvalue weighted by Gasteiger charge is 2.24. The Balaban J connectivity index is 1.65. The number of carbonyl (C=O) groups excluding carboxylic acids is 1. The molecule has 1 saturated heterocycles. The number of rotatable bonds is 9. The first-order valence-electron chi connectivity index (χ1n) is 12.1. The summed E-state index contributed by atoms with van der Waals surface area (Å²) in [6.07, 6.45) is 3.78. The van der Waals surface area contributed by atoms with Crippen molar-refractivity contribution < 1.29 is 14.3 Å². The van der Waals surface area contributed by atoms with Crippen molar-refractivity contribution >= 4 is 22.5 Å². The van der Waals surface area contributed by atoms with Crippen molar-refractivity contribution in [1.82, 2.24) is 25.4 Å². The first-order chi connectivity index (χ1) is 17.0. The first kappa shape index (κ1) is 24.8. The van der Waals surface area contributed by atoms with Crippen LogP contribution in [0.25, 0.3) is 22.0 Å². The van der Waals surface area contributed by atoms with E-state index in [4.69, 9.17) is 9.47 Å². The lowest BCUT2D eigenvalue weighted by Gasteiger charge is -2.29. The summed E-state index contributed by atoms with van der Waals surface area (Å²) in [5.41, 5.74) is 3.64. The van der Waals surface area contributed by atoms with E-state index < -0.39 is 0 Å². The summed E-state index contributed by atoms with van der Waals surface area (Å²) >= 11 is 0. The van der Waals surface area contributed by atoms with Gasteiger partial charge in [0.2, 0.25) is 5.88 Å². The Kier molecular flexibility index (Phi) is 8.09. The van der Waals surface area contributed by atoms with Crippen LogP contribution < -0.4 is 15.4 Å². The summed E-state index contributed by atoms with van der Waals surface area (Å²) in [4.78, 5) is 19.2. The van der Waals surface area contributed by atoms with Crippen LogP contribution in [0.15, 0.2) is 36.5 Å². The lowest BCUT2D eigenvalue weighted by molar-refractivity contribution is 0.0622. The summed E-state index contributed by atoms with van der Waals surface area (Å²) in [6, 6.07) is 9.98. The number of ether oxygens (including phenoxy) is 2. The minimum Gasteiger partial charge on any atom is -0.476 e. The fourth-order valence-electron chi connectivity index (χ4n) is 4.24. The highest BCUT2D eigenvalue weighted by molar-refractivity contribution is 6.06. The van der Waals surface area contributed by atoms with Crippen molar-refractivity contribution in [2.75, 3.05) is 52.8 Å². The SMILES string of the molecule is CNC(=O)c1nnc2ccc(-c3ccc(OCCN(C)C)nc3)cc2c1N[C@@H](C)C1CCOCC1. The number of benzene rings is 1. The summed E-state index contributed by atoms with van der Waals surface area (Å²) in [7, 11) is 5.62. The Morgan fingerprint density at radius 1 is 1.17 bits per heavy atom. The molecule has 0 saturated carbocycles. The first-order valence-corrected chi connectivity index (χ1v) is 12.1. The summed E-state index contributed by atoms with van der Waals surface area (Å²) in [6.45, 7) is 5.08. The van der Waals surface area contributed by atoms with Crippen molar-refractivity contribution in [3.63, 3.8) is 0 Å². The van der Waals surface area contributed by atoms with Crippen LogP contribution in [0.3, 0.4) is 0 Å². The van der Waals surface area contributed by atoms with E-state index in [2.05, 4.69) is 37.6 Å². The molecule has 4 rings (SSSR count). The van der Waals surface area contributed by atoms with Crippen molar-refractivity contribution in [2.24, 2.45) is 5.92 Å². The molecule has 1 amide bonds. The molecular weight excluding hydrogens is 444 g/mol. The number of hydrogen-bond donors (Lipinski definition) is 2. The van der Waals surface area contributed by atoms with E-state index in [0.29, 0.717) is 29.8 Å². The van der Waals surface area contributed by atoms with E-state index in [1.54, 1.807) is 13.2 Å². The zero-order valence-corrected chi connectivity index (χ0v) is 20.9. The summed E-state index contributed by atoms with van der Waals surface area (Å²) in [5, 5.41) is 15.7. The monoisotopic (exact) mass is 478 g/mol. The number of aromatic nitrogens is 3. The number of nitrogens with zero attached hydrogens (tertiary/aromatic N) is 4. The fourth-order valence-corrected chi connectivity index (χ4v) is 4.24. The number of pyridine rings is 1. The molecule has 1 atom stereocenters. The van der Waals surface area contributed by atoms with Gasteiger partial charge in [0.25, 0.3) is 5.91 Å². The van der Waals surface area contributed by atoms with Crippen LogP contribution >= 0.6 is 0 Å². The molecule has 0 unspecified atom stereocenters. The molecule has 9 nitrogen and oxygen atoms in total. The molecule has 35 heavy (non-hydrogen) atoms. The third kappa shape index (κ3) is 6.04. The van der Waals surface area contributed by atoms with Gasteiger partial charge in [0.1, 0.15) is 6.61 Å². The van der Waals surface area contributed by atoms with E-state index in [9.17, 15) is 4.79 Å². The van der Waals surface area contributed by atoms with Gasteiger partial charge in [0.05, 0.1) is 11.2 Å². The molecule has 3 aromatic rings. The molecular formula is C26H34N6O3. The Labute approximate surface area is 206 Å². The highest BCUT2D eigenvalue weighted by atomic mass is 16.5. The average molecular weight is 479 g/mol. The van der Waals surface area contributed by atoms with E-state index >= 15 is 0 Å². The molecule has 0 spiro atoms.